The first-order valence-electron chi connectivity index (χ1n) is 29.6. The van der Waals surface area contributed by atoms with Crippen LogP contribution in [-0.2, 0) is 27.1 Å². The van der Waals surface area contributed by atoms with Gasteiger partial charge in [-0.25, -0.2) is 0 Å². The molecule has 4 fully saturated rings. The molecule has 6 aliphatic rings. The quantitative estimate of drug-likeness (QED) is 0.0278. The molecule has 3 aliphatic carbocycles. The van der Waals surface area contributed by atoms with Crippen LogP contribution in [0, 0.1) is 52.8 Å². The normalized spacial score (nSPS) is 32.7. The summed E-state index contributed by atoms with van der Waals surface area (Å²) in [5.41, 5.74) is 2.16. The van der Waals surface area contributed by atoms with Gasteiger partial charge in [0.1, 0.15) is 6.79 Å². The van der Waals surface area contributed by atoms with Crippen LogP contribution in [0.3, 0.4) is 0 Å². The monoisotopic (exact) mass is 1120 g/mol. The summed E-state index contributed by atoms with van der Waals surface area (Å²) in [5, 5.41) is 85.4. The minimum atomic E-state index is -1.04. The molecule has 2 aromatic carbocycles. The van der Waals surface area contributed by atoms with Crippen molar-refractivity contribution in [3.8, 4) is 40.6 Å². The molecule has 1 saturated heterocycles. The highest BCUT2D eigenvalue weighted by Gasteiger charge is 2.52. The molecule has 9 N–H and O–H groups in total. The Morgan fingerprint density at radius 2 is 1.65 bits per heavy atom. The Morgan fingerprint density at radius 3 is 2.41 bits per heavy atom. The lowest BCUT2D eigenvalue weighted by Gasteiger charge is -2.53. The number of hydrogen-bond acceptors (Lipinski definition) is 16. The van der Waals surface area contributed by atoms with Crippen LogP contribution in [0.1, 0.15) is 157 Å². The summed E-state index contributed by atoms with van der Waals surface area (Å²) in [7, 11) is 5.85. The van der Waals surface area contributed by atoms with Crippen molar-refractivity contribution in [2.45, 2.75) is 196 Å². The maximum absolute atomic E-state index is 12.9. The van der Waals surface area contributed by atoms with Gasteiger partial charge in [0.05, 0.1) is 50.8 Å². The molecule has 14 atom stereocenters. The molecule has 0 radical (unpaired) electrons. The largest absolute Gasteiger partial charge is 0.504 e. The summed E-state index contributed by atoms with van der Waals surface area (Å²) in [5.74, 6) is 9.18. The zero-order chi connectivity index (χ0) is 55.2. The van der Waals surface area contributed by atoms with Crippen LogP contribution < -0.4 is 24.8 Å². The van der Waals surface area contributed by atoms with Crippen molar-refractivity contribution in [1.82, 2.24) is 10.6 Å². The highest BCUT2D eigenvalue weighted by atomic mass is 33.1. The van der Waals surface area contributed by atoms with Gasteiger partial charge in [-0.05, 0) is 174 Å². The van der Waals surface area contributed by atoms with Crippen molar-refractivity contribution < 1.29 is 64.2 Å². The number of methoxy groups -OCH3 is 2. The topological polar surface area (TPSA) is 229 Å². The molecule has 17 heteroatoms. The second-order valence-corrected chi connectivity index (χ2v) is 26.3. The minimum Gasteiger partial charge on any atom is -0.504 e. The number of carbonyl (C=O) groups is 1. The van der Waals surface area contributed by atoms with Gasteiger partial charge in [-0.1, -0.05) is 60.1 Å². The lowest BCUT2D eigenvalue weighted by atomic mass is 9.51. The average molecular weight is 1130 g/mol. The van der Waals surface area contributed by atoms with Gasteiger partial charge in [-0.3, -0.25) is 4.79 Å². The van der Waals surface area contributed by atoms with E-state index < -0.39 is 37.1 Å². The fourth-order valence-corrected chi connectivity index (χ4v) is 17.3. The number of aryl methyl sites for hydroxylation is 1. The van der Waals surface area contributed by atoms with Crippen LogP contribution in [0.4, 0.5) is 0 Å². The maximum atomic E-state index is 12.9. The minimum absolute atomic E-state index is 0.0193. The fraction of sp³-hybridized carbons (Fsp3) is 0.754. The van der Waals surface area contributed by atoms with Gasteiger partial charge < -0.3 is 70.1 Å². The van der Waals surface area contributed by atoms with Gasteiger partial charge in [0.15, 0.2) is 23.0 Å². The SMILES string of the molecule is COc1cc(CC2C(O)CSSC(CCO)c3cc(O)c(OC4CCC5CNCCC#CC6(CC(C)CCC6CCC(O)C6CC(=O)NC6CCCOC6CCCCC6)C5C4)cc3CCC(OCO)CC2O)cc(OC)c1O. The number of ether oxygens (including phenoxy) is 5. The number of aromatic hydroxyl groups is 2. The smallest absolute Gasteiger partial charge is 0.220 e. The molecule has 15 nitrogen and oxygen atoms in total. The number of amides is 1. The summed E-state index contributed by atoms with van der Waals surface area (Å²) in [6, 6.07) is 7.00. The third kappa shape index (κ3) is 15.7. The molecule has 3 aliphatic heterocycles. The lowest BCUT2D eigenvalue weighted by molar-refractivity contribution is -0.119. The summed E-state index contributed by atoms with van der Waals surface area (Å²) < 4.78 is 29.9. The third-order valence-corrected chi connectivity index (χ3v) is 21.4. The number of benzene rings is 2. The first-order valence-corrected chi connectivity index (χ1v) is 31.9. The van der Waals surface area contributed by atoms with Gasteiger partial charge in [-0.15, -0.1) is 5.92 Å². The van der Waals surface area contributed by atoms with E-state index in [4.69, 9.17) is 23.7 Å². The number of rotatable bonds is 19. The molecule has 436 valence electrons. The molecule has 14 unspecified atom stereocenters. The summed E-state index contributed by atoms with van der Waals surface area (Å²) in [6.07, 6.45) is 14.5. The van der Waals surface area contributed by atoms with Gasteiger partial charge in [0.2, 0.25) is 11.7 Å². The van der Waals surface area contributed by atoms with Crippen LogP contribution in [0.15, 0.2) is 24.3 Å². The highest BCUT2D eigenvalue weighted by molar-refractivity contribution is 8.76. The van der Waals surface area contributed by atoms with Gasteiger partial charge in [0.25, 0.3) is 0 Å². The van der Waals surface area contributed by atoms with E-state index in [1.165, 1.54) is 55.1 Å². The van der Waals surface area contributed by atoms with Crippen molar-refractivity contribution >= 4 is 27.5 Å². The van der Waals surface area contributed by atoms with Crippen molar-refractivity contribution in [2.75, 3.05) is 53.1 Å². The molecular weight excluding hydrogens is 1030 g/mol. The third-order valence-electron chi connectivity index (χ3n) is 18.6. The predicted octanol–water partition coefficient (Wildman–Crippen LogP) is 8.53. The molecule has 78 heavy (non-hydrogen) atoms. The number of phenolic OH excluding ortho intramolecular Hbond substituents is 2. The molecule has 3 heterocycles. The number of carbonyl (C=O) groups excluding carboxylic acids is 1. The van der Waals surface area contributed by atoms with Crippen molar-refractivity contribution in [3.63, 3.8) is 0 Å². The number of aliphatic hydroxyl groups is 5. The Hall–Kier alpha value is -3.15. The number of fused-ring (bicyclic) bond motifs is 3. The van der Waals surface area contributed by atoms with Crippen LogP contribution in [0.25, 0.3) is 0 Å². The van der Waals surface area contributed by atoms with Gasteiger partial charge in [-0.2, -0.15) is 0 Å². The van der Waals surface area contributed by atoms with E-state index in [1.54, 1.807) is 18.2 Å². The van der Waals surface area contributed by atoms with Crippen molar-refractivity contribution in [2.24, 2.45) is 40.9 Å². The van der Waals surface area contributed by atoms with Crippen LogP contribution in [0.2, 0.25) is 0 Å². The Bertz CT molecular complexity index is 2250. The number of hydrogen-bond donors (Lipinski definition) is 9. The van der Waals surface area contributed by atoms with Crippen molar-refractivity contribution in [3.05, 3.63) is 41.0 Å². The zero-order valence-corrected chi connectivity index (χ0v) is 48.2. The summed E-state index contributed by atoms with van der Waals surface area (Å²) >= 11 is 0. The molecule has 0 bridgehead atoms. The standard InChI is InChI=1S/C61H92N2O13S2/c1-38-13-16-42(17-20-51(66)47-33-59(70)63-50(47)12-9-25-74-43-10-5-4-6-11-43)61(34-38)22-7-8-23-62-35-41-15-19-45(30-49(41)61)76-55-29-40-14-18-44(75-37-65)31-52(67)48(26-39-27-56(72-2)60(71)57(28-39)73-3)54(69)36-77-78-58(21-24-64)46(40)32-53(55)68/h27-29,32,38,41-45,47-52,54,58,62,64-69,71H,4-6,8-21,23-26,30-31,33-37H2,1-3H3,(H,63,70). The van der Waals surface area contributed by atoms with Crippen LogP contribution in [0.5, 0.6) is 28.7 Å². The molecule has 2 aromatic rings. The Labute approximate surface area is 471 Å². The van der Waals surface area contributed by atoms with E-state index >= 15 is 0 Å². The van der Waals surface area contributed by atoms with E-state index in [1.807, 2.05) is 6.07 Å². The number of aliphatic hydroxyl groups excluding tert-OH is 5. The summed E-state index contributed by atoms with van der Waals surface area (Å²) in [4.78, 5) is 12.9. The van der Waals surface area contributed by atoms with Crippen molar-refractivity contribution in [1.29, 1.82) is 0 Å². The molecule has 3 saturated carbocycles. The van der Waals surface area contributed by atoms with E-state index in [0.29, 0.717) is 68.0 Å². The average Bonchev–Trinajstić information content (AvgIpc) is 3.87. The van der Waals surface area contributed by atoms with E-state index in [0.717, 1.165) is 101 Å². The molecule has 1 amide bonds. The first-order chi connectivity index (χ1) is 37.8. The predicted molar refractivity (Wildman–Crippen MR) is 305 cm³/mol. The van der Waals surface area contributed by atoms with E-state index in [-0.39, 0.29) is 94.7 Å². The van der Waals surface area contributed by atoms with Crippen LogP contribution >= 0.6 is 21.6 Å². The van der Waals surface area contributed by atoms with Gasteiger partial charge in [0, 0.05) is 66.9 Å². The Morgan fingerprint density at radius 1 is 0.859 bits per heavy atom. The molecule has 8 rings (SSSR count). The highest BCUT2D eigenvalue weighted by Crippen LogP contribution is 2.57. The van der Waals surface area contributed by atoms with Crippen LogP contribution in [-0.4, -0.2) is 137 Å². The second kappa shape index (κ2) is 29.7. The Balaban J connectivity index is 0.994. The molecule has 0 aromatic heterocycles. The molecular formula is C61H92N2O13S2. The number of nitrogens with one attached hydrogen (secondary N) is 2. The summed E-state index contributed by atoms with van der Waals surface area (Å²) in [6.45, 7) is 4.13. The molecule has 1 spiro atoms. The lowest BCUT2D eigenvalue weighted by Crippen LogP contribution is -2.50. The zero-order valence-electron chi connectivity index (χ0n) is 46.6. The fourth-order valence-electron chi connectivity index (χ4n) is 14.4. The van der Waals surface area contributed by atoms with E-state index in [9.17, 15) is 40.5 Å². The second-order valence-electron chi connectivity index (χ2n) is 23.7. The van der Waals surface area contributed by atoms with Gasteiger partial charge >= 0.3 is 0 Å². The Kier molecular flexibility index (Phi) is 23.2. The maximum Gasteiger partial charge on any atom is 0.220 e. The van der Waals surface area contributed by atoms with E-state index in [2.05, 4.69) is 29.4 Å². The first kappa shape index (κ1) is 60.9. The number of phenols is 2.